The number of nitrogens with zero attached hydrogens (tertiary/aromatic N) is 1. The fraction of sp³-hybridized carbons (Fsp3) is 0.353. The molecule has 0 aliphatic heterocycles. The maximum atomic E-state index is 13.1. The van der Waals surface area contributed by atoms with Gasteiger partial charge in [-0.1, -0.05) is 17.3 Å². The highest BCUT2D eigenvalue weighted by Gasteiger charge is 2.38. The molecule has 3 rings (SSSR count). The van der Waals surface area contributed by atoms with Crippen LogP contribution in [0.2, 0.25) is 0 Å². The first-order chi connectivity index (χ1) is 11.8. The summed E-state index contributed by atoms with van der Waals surface area (Å²) in [5.41, 5.74) is -0.227. The van der Waals surface area contributed by atoms with Crippen LogP contribution < -0.4 is 0 Å². The summed E-state index contributed by atoms with van der Waals surface area (Å²) in [4.78, 5) is 25.1. The number of hydrogen-bond donors (Lipinski definition) is 0. The lowest BCUT2D eigenvalue weighted by Gasteiger charge is -2.08. The summed E-state index contributed by atoms with van der Waals surface area (Å²) in [5, 5.41) is 3.71. The van der Waals surface area contributed by atoms with Crippen LogP contribution in [0.15, 0.2) is 33.7 Å². The summed E-state index contributed by atoms with van der Waals surface area (Å²) in [6.07, 6.45) is 2.68. The molecule has 0 N–H and O–H groups in total. The largest absolute Gasteiger partial charge is 0.461 e. The van der Waals surface area contributed by atoms with Crippen molar-refractivity contribution < 1.29 is 27.3 Å². The van der Waals surface area contributed by atoms with E-state index in [9.17, 15) is 18.0 Å². The number of carbonyl (C=O) groups excluding carboxylic acids is 2. The zero-order valence-corrected chi connectivity index (χ0v) is 14.6. The molecule has 0 radical (unpaired) electrons. The number of rotatable bonds is 6. The molecule has 1 heterocycles. The fourth-order valence-electron chi connectivity index (χ4n) is 2.60. The summed E-state index contributed by atoms with van der Waals surface area (Å²) >= 11 is 0. The van der Waals surface area contributed by atoms with E-state index in [1.807, 2.05) is 0 Å². The van der Waals surface area contributed by atoms with E-state index in [1.165, 1.54) is 18.2 Å². The SMILES string of the molecule is CCOC(=O)c1noc(C2CC2)c1C(=O)c1ccccc1S(C)(=O)=O. The van der Waals surface area contributed by atoms with E-state index in [0.29, 0.717) is 5.76 Å². The molecule has 0 spiro atoms. The Labute approximate surface area is 144 Å². The molecule has 1 saturated carbocycles. The van der Waals surface area contributed by atoms with Gasteiger partial charge in [-0.05, 0) is 31.9 Å². The van der Waals surface area contributed by atoms with Crippen LogP contribution in [0.4, 0.5) is 0 Å². The van der Waals surface area contributed by atoms with E-state index in [4.69, 9.17) is 9.26 Å². The lowest BCUT2D eigenvalue weighted by Crippen LogP contribution is -2.15. The van der Waals surface area contributed by atoms with Crippen molar-refractivity contribution in [3.8, 4) is 0 Å². The van der Waals surface area contributed by atoms with E-state index in [0.717, 1.165) is 19.1 Å². The molecule has 0 saturated heterocycles. The molecule has 0 atom stereocenters. The number of hydrogen-bond acceptors (Lipinski definition) is 7. The lowest BCUT2D eigenvalue weighted by atomic mass is 9.99. The van der Waals surface area contributed by atoms with E-state index < -0.39 is 21.6 Å². The van der Waals surface area contributed by atoms with E-state index >= 15 is 0 Å². The summed E-state index contributed by atoms with van der Waals surface area (Å²) in [5.74, 6) is -1.04. The average molecular weight is 363 g/mol. The Morgan fingerprint density at radius 3 is 2.56 bits per heavy atom. The van der Waals surface area contributed by atoms with Crippen molar-refractivity contribution >= 4 is 21.6 Å². The second kappa shape index (κ2) is 6.44. The number of sulfone groups is 1. The molecule has 2 aromatic rings. The Morgan fingerprint density at radius 2 is 1.96 bits per heavy atom. The monoisotopic (exact) mass is 363 g/mol. The van der Waals surface area contributed by atoms with Gasteiger partial charge < -0.3 is 9.26 Å². The minimum absolute atomic E-state index is 0.00273. The van der Waals surface area contributed by atoms with Crippen molar-refractivity contribution in [2.75, 3.05) is 12.9 Å². The van der Waals surface area contributed by atoms with Crippen LogP contribution in [0.3, 0.4) is 0 Å². The Balaban J connectivity index is 2.15. The third-order valence-electron chi connectivity index (χ3n) is 3.89. The van der Waals surface area contributed by atoms with Crippen molar-refractivity contribution in [1.82, 2.24) is 5.16 Å². The summed E-state index contributed by atoms with van der Waals surface area (Å²) in [7, 11) is -3.62. The fourth-order valence-corrected chi connectivity index (χ4v) is 3.48. The van der Waals surface area contributed by atoms with Crippen molar-refractivity contribution in [2.45, 2.75) is 30.6 Å². The maximum absolute atomic E-state index is 13.1. The van der Waals surface area contributed by atoms with Gasteiger partial charge in [-0.25, -0.2) is 13.2 Å². The van der Waals surface area contributed by atoms with Crippen LogP contribution in [-0.4, -0.2) is 38.2 Å². The molecule has 0 amide bonds. The van der Waals surface area contributed by atoms with Gasteiger partial charge in [-0.3, -0.25) is 4.79 Å². The zero-order chi connectivity index (χ0) is 18.2. The van der Waals surface area contributed by atoms with Gasteiger partial charge in [0.25, 0.3) is 0 Å². The Hall–Kier alpha value is -2.48. The van der Waals surface area contributed by atoms with Gasteiger partial charge in [0.1, 0.15) is 5.56 Å². The smallest absolute Gasteiger partial charge is 0.361 e. The van der Waals surface area contributed by atoms with Crippen molar-refractivity contribution in [2.24, 2.45) is 0 Å². The first-order valence-corrected chi connectivity index (χ1v) is 9.74. The molecule has 8 heteroatoms. The molecular formula is C17H17NO6S. The zero-order valence-electron chi connectivity index (χ0n) is 13.8. The molecule has 1 aromatic carbocycles. The quantitative estimate of drug-likeness (QED) is 0.573. The molecule has 1 fully saturated rings. The second-order valence-corrected chi connectivity index (χ2v) is 7.85. The first kappa shape index (κ1) is 17.3. The number of aromatic nitrogens is 1. The van der Waals surface area contributed by atoms with E-state index in [2.05, 4.69) is 5.16 Å². The third kappa shape index (κ3) is 3.34. The van der Waals surface area contributed by atoms with Gasteiger partial charge in [-0.2, -0.15) is 0 Å². The minimum atomic E-state index is -3.62. The predicted molar refractivity (Wildman–Crippen MR) is 87.4 cm³/mol. The lowest BCUT2D eigenvalue weighted by molar-refractivity contribution is 0.0512. The molecule has 25 heavy (non-hydrogen) atoms. The van der Waals surface area contributed by atoms with Crippen LogP contribution >= 0.6 is 0 Å². The first-order valence-electron chi connectivity index (χ1n) is 7.85. The predicted octanol–water partition coefficient (Wildman–Crippen LogP) is 2.36. The molecule has 0 unspecified atom stereocenters. The summed E-state index contributed by atoms with van der Waals surface area (Å²) in [6, 6.07) is 5.87. The van der Waals surface area contributed by atoms with Crippen LogP contribution in [0.5, 0.6) is 0 Å². The van der Waals surface area contributed by atoms with Gasteiger partial charge >= 0.3 is 5.97 Å². The highest BCUT2D eigenvalue weighted by Crippen LogP contribution is 2.43. The highest BCUT2D eigenvalue weighted by molar-refractivity contribution is 7.90. The Kier molecular flexibility index (Phi) is 4.47. The summed E-state index contributed by atoms with van der Waals surface area (Å²) in [6.45, 7) is 1.76. The minimum Gasteiger partial charge on any atom is -0.461 e. The van der Waals surface area contributed by atoms with Crippen LogP contribution in [-0.2, 0) is 14.6 Å². The average Bonchev–Trinajstić information content (AvgIpc) is 3.32. The molecule has 0 bridgehead atoms. The van der Waals surface area contributed by atoms with E-state index in [-0.39, 0.29) is 34.2 Å². The normalized spacial score (nSPS) is 14.3. The molecule has 1 aliphatic carbocycles. The van der Waals surface area contributed by atoms with Gasteiger partial charge in [0.15, 0.2) is 21.4 Å². The van der Waals surface area contributed by atoms with E-state index in [1.54, 1.807) is 13.0 Å². The number of ketones is 1. The molecule has 1 aromatic heterocycles. The third-order valence-corrected chi connectivity index (χ3v) is 5.05. The number of esters is 1. The van der Waals surface area contributed by atoms with Gasteiger partial charge in [0.2, 0.25) is 5.69 Å². The summed E-state index contributed by atoms with van der Waals surface area (Å²) < 4.78 is 34.2. The number of ether oxygens (including phenoxy) is 1. The topological polar surface area (TPSA) is 104 Å². The second-order valence-electron chi connectivity index (χ2n) is 5.86. The van der Waals surface area contributed by atoms with Gasteiger partial charge in [0.05, 0.1) is 11.5 Å². The van der Waals surface area contributed by atoms with Crippen molar-refractivity contribution in [3.63, 3.8) is 0 Å². The molecule has 7 nitrogen and oxygen atoms in total. The van der Waals surface area contributed by atoms with Crippen LogP contribution in [0.1, 0.15) is 57.9 Å². The maximum Gasteiger partial charge on any atom is 0.361 e. The Bertz CT molecular complexity index is 940. The Morgan fingerprint density at radius 1 is 1.28 bits per heavy atom. The van der Waals surface area contributed by atoms with Gasteiger partial charge in [0, 0.05) is 17.7 Å². The van der Waals surface area contributed by atoms with Crippen molar-refractivity contribution in [3.05, 3.63) is 46.8 Å². The molecular weight excluding hydrogens is 346 g/mol. The van der Waals surface area contributed by atoms with Gasteiger partial charge in [-0.15, -0.1) is 0 Å². The van der Waals surface area contributed by atoms with Crippen LogP contribution in [0.25, 0.3) is 0 Å². The number of benzene rings is 1. The molecule has 1 aliphatic rings. The standard InChI is InChI=1S/C17H17NO6S/c1-3-23-17(20)14-13(16(24-18-14)10-8-9-10)15(19)11-6-4-5-7-12(11)25(2,21)22/h4-7,10H,3,8-9H2,1-2H3. The molecule has 132 valence electrons. The number of carbonyl (C=O) groups is 2. The highest BCUT2D eigenvalue weighted by atomic mass is 32.2. The van der Waals surface area contributed by atoms with Crippen molar-refractivity contribution in [1.29, 1.82) is 0 Å². The van der Waals surface area contributed by atoms with Crippen LogP contribution in [0, 0.1) is 0 Å².